The smallest absolute Gasteiger partial charge is 0.315 e. The fourth-order valence-corrected chi connectivity index (χ4v) is 3.80. The molecular weight excluding hydrogens is 334 g/mol. The number of nitrogens with zero attached hydrogens (tertiary/aromatic N) is 2. The fourth-order valence-electron chi connectivity index (χ4n) is 2.41. The molecule has 24 heavy (non-hydrogen) atoms. The summed E-state index contributed by atoms with van der Waals surface area (Å²) >= 11 is 0. The summed E-state index contributed by atoms with van der Waals surface area (Å²) in [5.41, 5.74) is -1.66. The number of hydrogen-bond donors (Lipinski definition) is 1. The monoisotopic (exact) mass is 345 g/mol. The molecule has 9 heteroatoms. The van der Waals surface area contributed by atoms with E-state index in [1.54, 1.807) is 24.3 Å². The molecule has 0 bridgehead atoms. The molecule has 0 spiro atoms. The van der Waals surface area contributed by atoms with Crippen molar-refractivity contribution in [1.29, 1.82) is 0 Å². The topological polar surface area (TPSA) is 123 Å². The third kappa shape index (κ3) is 2.76. The standard InChI is InChI=1S/C15H11N3O5S/c19-15-14(18(20)21)11(13-12(17-15)7-4-8-16-13)9-24(22,23)10-5-2-1-3-6-10/h1-8H,9H2,(H,17,19). The minimum absolute atomic E-state index is 0.0173. The van der Waals surface area contributed by atoms with Gasteiger partial charge in [0.25, 0.3) is 0 Å². The minimum atomic E-state index is -3.87. The van der Waals surface area contributed by atoms with E-state index in [0.717, 1.165) is 0 Å². The van der Waals surface area contributed by atoms with Gasteiger partial charge in [0.05, 0.1) is 32.2 Å². The van der Waals surface area contributed by atoms with Gasteiger partial charge in [-0.25, -0.2) is 8.42 Å². The molecule has 0 saturated carbocycles. The summed E-state index contributed by atoms with van der Waals surface area (Å²) in [6.45, 7) is 0. The molecule has 0 aliphatic carbocycles. The Balaban J connectivity index is 2.27. The van der Waals surface area contributed by atoms with Crippen molar-refractivity contribution < 1.29 is 13.3 Å². The highest BCUT2D eigenvalue weighted by Crippen LogP contribution is 2.26. The summed E-state index contributed by atoms with van der Waals surface area (Å²) in [6, 6.07) is 10.6. The Morgan fingerprint density at radius 3 is 2.50 bits per heavy atom. The van der Waals surface area contributed by atoms with Crippen LogP contribution in [0, 0.1) is 10.1 Å². The van der Waals surface area contributed by atoms with Crippen LogP contribution < -0.4 is 5.56 Å². The van der Waals surface area contributed by atoms with Crippen molar-refractivity contribution in [2.45, 2.75) is 10.6 Å². The SMILES string of the molecule is O=c1[nH]c2cccnc2c(CS(=O)(=O)c2ccccc2)c1[N+](=O)[O-]. The Morgan fingerprint density at radius 1 is 1.12 bits per heavy atom. The van der Waals surface area contributed by atoms with Gasteiger partial charge in [-0.15, -0.1) is 0 Å². The molecule has 0 unspecified atom stereocenters. The van der Waals surface area contributed by atoms with E-state index in [2.05, 4.69) is 9.97 Å². The number of nitro groups is 1. The van der Waals surface area contributed by atoms with Gasteiger partial charge in [-0.3, -0.25) is 19.9 Å². The molecule has 0 aliphatic heterocycles. The summed E-state index contributed by atoms with van der Waals surface area (Å²) in [4.78, 5) is 28.8. The summed E-state index contributed by atoms with van der Waals surface area (Å²) in [6.07, 6.45) is 1.38. The Kier molecular flexibility index (Phi) is 3.86. The number of nitrogens with one attached hydrogen (secondary N) is 1. The lowest BCUT2D eigenvalue weighted by molar-refractivity contribution is -0.386. The van der Waals surface area contributed by atoms with Crippen molar-refractivity contribution in [2.24, 2.45) is 0 Å². The molecule has 0 radical (unpaired) electrons. The molecule has 2 aromatic heterocycles. The zero-order chi connectivity index (χ0) is 17.3. The van der Waals surface area contributed by atoms with Crippen LogP contribution in [-0.4, -0.2) is 23.3 Å². The zero-order valence-corrected chi connectivity index (χ0v) is 13.0. The highest BCUT2D eigenvalue weighted by molar-refractivity contribution is 7.90. The largest absolute Gasteiger partial charge is 0.340 e. The van der Waals surface area contributed by atoms with E-state index in [1.807, 2.05) is 0 Å². The lowest BCUT2D eigenvalue weighted by Crippen LogP contribution is -2.17. The molecule has 0 fully saturated rings. The van der Waals surface area contributed by atoms with Gasteiger partial charge < -0.3 is 4.98 Å². The molecular formula is C15H11N3O5S. The van der Waals surface area contributed by atoms with E-state index < -0.39 is 31.8 Å². The van der Waals surface area contributed by atoms with Crippen LogP contribution >= 0.6 is 0 Å². The fraction of sp³-hybridized carbons (Fsp3) is 0.0667. The number of sulfone groups is 1. The van der Waals surface area contributed by atoms with Crippen LogP contribution in [0.2, 0.25) is 0 Å². The molecule has 2 heterocycles. The molecule has 8 nitrogen and oxygen atoms in total. The Morgan fingerprint density at radius 2 is 1.83 bits per heavy atom. The maximum atomic E-state index is 12.6. The second kappa shape index (κ2) is 5.85. The first kappa shape index (κ1) is 15.8. The van der Waals surface area contributed by atoms with Crippen molar-refractivity contribution in [1.82, 2.24) is 9.97 Å². The normalized spacial score (nSPS) is 11.5. The third-order valence-corrected chi connectivity index (χ3v) is 5.12. The molecule has 0 amide bonds. The second-order valence-electron chi connectivity index (χ2n) is 5.01. The number of benzene rings is 1. The number of aromatic nitrogens is 2. The number of rotatable bonds is 4. The maximum absolute atomic E-state index is 12.6. The van der Waals surface area contributed by atoms with Gasteiger partial charge in [0.1, 0.15) is 0 Å². The van der Waals surface area contributed by atoms with Crippen LogP contribution in [0.3, 0.4) is 0 Å². The summed E-state index contributed by atoms with van der Waals surface area (Å²) in [5, 5.41) is 11.3. The van der Waals surface area contributed by atoms with Crippen molar-refractivity contribution in [2.75, 3.05) is 0 Å². The third-order valence-electron chi connectivity index (χ3n) is 3.46. The lowest BCUT2D eigenvalue weighted by atomic mass is 10.2. The summed E-state index contributed by atoms with van der Waals surface area (Å²) < 4.78 is 25.1. The van der Waals surface area contributed by atoms with Gasteiger partial charge in [0, 0.05) is 6.20 Å². The van der Waals surface area contributed by atoms with Gasteiger partial charge in [-0.05, 0) is 24.3 Å². The van der Waals surface area contributed by atoms with Gasteiger partial charge in [-0.1, -0.05) is 18.2 Å². The first-order valence-electron chi connectivity index (χ1n) is 6.82. The zero-order valence-electron chi connectivity index (χ0n) is 12.2. The van der Waals surface area contributed by atoms with Gasteiger partial charge in [0.15, 0.2) is 9.84 Å². The highest BCUT2D eigenvalue weighted by atomic mass is 32.2. The van der Waals surface area contributed by atoms with Crippen molar-refractivity contribution >= 4 is 26.6 Å². The predicted octanol–water partition coefficient (Wildman–Crippen LogP) is 1.81. The Bertz CT molecular complexity index is 1090. The van der Waals surface area contributed by atoms with E-state index in [-0.39, 0.29) is 21.5 Å². The van der Waals surface area contributed by atoms with E-state index in [0.29, 0.717) is 0 Å². The first-order valence-corrected chi connectivity index (χ1v) is 8.47. The molecule has 1 N–H and O–H groups in total. The molecule has 3 aromatic rings. The van der Waals surface area contributed by atoms with E-state index in [1.165, 1.54) is 24.4 Å². The molecule has 3 rings (SSSR count). The van der Waals surface area contributed by atoms with Crippen molar-refractivity contribution in [3.8, 4) is 0 Å². The van der Waals surface area contributed by atoms with Crippen LogP contribution in [0.1, 0.15) is 5.56 Å². The number of pyridine rings is 2. The first-order chi connectivity index (χ1) is 11.4. The van der Waals surface area contributed by atoms with E-state index in [9.17, 15) is 23.3 Å². The second-order valence-corrected chi connectivity index (χ2v) is 7.00. The minimum Gasteiger partial charge on any atom is -0.315 e. The molecule has 122 valence electrons. The summed E-state index contributed by atoms with van der Waals surface area (Å²) in [7, 11) is -3.87. The van der Waals surface area contributed by atoms with Crippen LogP contribution in [0.15, 0.2) is 58.4 Å². The number of fused-ring (bicyclic) bond motifs is 1. The Hall–Kier alpha value is -3.07. The number of H-pyrrole nitrogens is 1. The molecule has 0 atom stereocenters. The average Bonchev–Trinajstić information content (AvgIpc) is 2.55. The Labute approximate surface area is 135 Å². The van der Waals surface area contributed by atoms with Crippen molar-refractivity contribution in [3.05, 3.63) is 74.7 Å². The van der Waals surface area contributed by atoms with Crippen LogP contribution in [0.5, 0.6) is 0 Å². The maximum Gasteiger partial charge on any atom is 0.340 e. The quantitative estimate of drug-likeness (QED) is 0.568. The summed E-state index contributed by atoms with van der Waals surface area (Å²) in [5.74, 6) is -0.690. The van der Waals surface area contributed by atoms with Gasteiger partial charge in [-0.2, -0.15) is 0 Å². The van der Waals surface area contributed by atoms with E-state index >= 15 is 0 Å². The van der Waals surface area contributed by atoms with E-state index in [4.69, 9.17) is 0 Å². The average molecular weight is 345 g/mol. The lowest BCUT2D eigenvalue weighted by Gasteiger charge is -2.07. The number of hydrogen-bond acceptors (Lipinski definition) is 6. The molecule has 1 aromatic carbocycles. The van der Waals surface area contributed by atoms with Crippen molar-refractivity contribution in [3.63, 3.8) is 0 Å². The predicted molar refractivity (Wildman–Crippen MR) is 86.3 cm³/mol. The van der Waals surface area contributed by atoms with Crippen LogP contribution in [0.25, 0.3) is 11.0 Å². The van der Waals surface area contributed by atoms with Gasteiger partial charge in [0.2, 0.25) is 0 Å². The van der Waals surface area contributed by atoms with Gasteiger partial charge >= 0.3 is 11.2 Å². The number of aromatic amines is 1. The molecule has 0 saturated heterocycles. The highest BCUT2D eigenvalue weighted by Gasteiger charge is 2.28. The van der Waals surface area contributed by atoms with Crippen LogP contribution in [0.4, 0.5) is 5.69 Å². The molecule has 0 aliphatic rings. The van der Waals surface area contributed by atoms with Crippen LogP contribution in [-0.2, 0) is 15.6 Å².